The van der Waals surface area contributed by atoms with Gasteiger partial charge in [-0.1, -0.05) is 45.0 Å². The molecule has 0 unspecified atom stereocenters. The Morgan fingerprint density at radius 1 is 1.10 bits per heavy atom. The van der Waals surface area contributed by atoms with E-state index in [0.29, 0.717) is 32.4 Å². The molecule has 4 bridgehead atoms. The van der Waals surface area contributed by atoms with Gasteiger partial charge in [0.25, 0.3) is 5.91 Å². The van der Waals surface area contributed by atoms with Crippen LogP contribution in [0.3, 0.4) is 0 Å². The topological polar surface area (TPSA) is 181 Å². The number of alkyl carbamates (subject to hydrolysis) is 1. The molecular weight excluding hydrogens is 654 g/mol. The van der Waals surface area contributed by atoms with E-state index in [0.717, 1.165) is 29.5 Å². The van der Waals surface area contributed by atoms with Crippen LogP contribution in [-0.4, -0.2) is 90.3 Å². The molecular formula is C34H45N5O9S. The van der Waals surface area contributed by atoms with Crippen LogP contribution in [0.2, 0.25) is 0 Å². The highest BCUT2D eigenvalue weighted by Gasteiger charge is 2.62. The second kappa shape index (κ2) is 13.0. The predicted octanol–water partition coefficient (Wildman–Crippen LogP) is 2.25. The number of nitrogens with zero attached hydrogens (tertiary/aromatic N) is 2. The Morgan fingerprint density at radius 2 is 1.84 bits per heavy atom. The Kier molecular flexibility index (Phi) is 9.18. The zero-order valence-corrected chi connectivity index (χ0v) is 29.0. The van der Waals surface area contributed by atoms with Crippen molar-refractivity contribution in [2.24, 2.45) is 11.3 Å². The molecule has 5 aliphatic rings. The molecule has 15 heteroatoms. The zero-order valence-electron chi connectivity index (χ0n) is 28.2. The van der Waals surface area contributed by atoms with Crippen molar-refractivity contribution < 1.29 is 41.9 Å². The highest BCUT2D eigenvalue weighted by Crippen LogP contribution is 2.45. The third-order valence-corrected chi connectivity index (χ3v) is 12.0. The standard InChI is InChI=1S/C34H45N5O9S/c1-5-22-16-34(22,30(42)37-49(45,46)24-12-13-24)36-28(40)26-15-23-18-39(26)29(41)27(33(2,3)4)35-31(43)47-14-7-6-9-20-10-8-11-21-17-38(19-25(20)21)32(44)48-23/h5,8,10-11,22-24,26-27H,1,6-7,9,12-19H2,2-4H3,(H,35,43)(H,36,40)(H,37,42)/t22-,23-,26+,27-,34-/m1/s1. The summed E-state index contributed by atoms with van der Waals surface area (Å²) in [5.41, 5.74) is 0.805. The second-order valence-corrected chi connectivity index (χ2v) is 16.8. The molecule has 49 heavy (non-hydrogen) atoms. The number of rotatable bonds is 6. The smallest absolute Gasteiger partial charge is 0.410 e. The van der Waals surface area contributed by atoms with Gasteiger partial charge >= 0.3 is 12.2 Å². The van der Waals surface area contributed by atoms with Gasteiger partial charge in [-0.05, 0) is 60.6 Å². The third kappa shape index (κ3) is 7.12. The second-order valence-electron chi connectivity index (χ2n) is 14.9. The highest BCUT2D eigenvalue weighted by atomic mass is 32.2. The number of carbonyl (C=O) groups is 5. The Labute approximate surface area is 286 Å². The van der Waals surface area contributed by atoms with Gasteiger partial charge in [0.05, 0.1) is 18.4 Å². The largest absolute Gasteiger partial charge is 0.450 e. The van der Waals surface area contributed by atoms with Gasteiger partial charge in [-0.15, -0.1) is 6.58 Å². The van der Waals surface area contributed by atoms with Gasteiger partial charge in [-0.3, -0.25) is 24.0 Å². The first-order valence-electron chi connectivity index (χ1n) is 16.9. The van der Waals surface area contributed by atoms with Crippen molar-refractivity contribution in [1.29, 1.82) is 0 Å². The fraction of sp³-hybridized carbons (Fsp3) is 0.618. The van der Waals surface area contributed by atoms with Crippen molar-refractivity contribution in [1.82, 2.24) is 25.2 Å². The van der Waals surface area contributed by atoms with Crippen molar-refractivity contribution in [3.63, 3.8) is 0 Å². The molecule has 1 saturated heterocycles. The number of benzene rings is 1. The lowest BCUT2D eigenvalue weighted by Crippen LogP contribution is -2.60. The zero-order chi connectivity index (χ0) is 35.3. The molecule has 1 aromatic carbocycles. The Balaban J connectivity index is 1.27. The lowest BCUT2D eigenvalue weighted by Gasteiger charge is -2.35. The van der Waals surface area contributed by atoms with Crippen LogP contribution in [0, 0.1) is 11.3 Å². The lowest BCUT2D eigenvalue weighted by atomic mass is 9.85. The average Bonchev–Trinajstić information content (AvgIpc) is 3.92. The maximum absolute atomic E-state index is 14.3. The van der Waals surface area contributed by atoms with Crippen LogP contribution in [0.25, 0.3) is 0 Å². The van der Waals surface area contributed by atoms with Crippen LogP contribution < -0.4 is 15.4 Å². The van der Waals surface area contributed by atoms with Crippen molar-refractivity contribution >= 4 is 39.9 Å². The van der Waals surface area contributed by atoms with Crippen LogP contribution in [0.1, 0.15) is 76.0 Å². The summed E-state index contributed by atoms with van der Waals surface area (Å²) in [7, 11) is -3.90. The number of nitrogens with one attached hydrogen (secondary N) is 3. The highest BCUT2D eigenvalue weighted by molar-refractivity contribution is 7.91. The summed E-state index contributed by atoms with van der Waals surface area (Å²) < 4.78 is 38.7. The molecule has 3 aliphatic heterocycles. The summed E-state index contributed by atoms with van der Waals surface area (Å²) in [4.78, 5) is 71.0. The summed E-state index contributed by atoms with van der Waals surface area (Å²) in [5.74, 6) is -2.70. The summed E-state index contributed by atoms with van der Waals surface area (Å²) in [6.45, 7) is 9.76. The number of sulfonamides is 1. The molecule has 3 heterocycles. The monoisotopic (exact) mass is 699 g/mol. The Morgan fingerprint density at radius 3 is 2.51 bits per heavy atom. The van der Waals surface area contributed by atoms with E-state index in [1.54, 1.807) is 25.7 Å². The summed E-state index contributed by atoms with van der Waals surface area (Å²) >= 11 is 0. The SMILES string of the molecule is C=C[C@@H]1C[C@]1(NC(=O)[C@@H]1C[C@@H]2CN1C(=O)[C@H](C(C)(C)C)NC(=O)OCCCCc1cccc3c1CN(C3)C(=O)O2)C(=O)NS(=O)(=O)C1CC1. The molecule has 14 nitrogen and oxygen atoms in total. The molecule has 2 saturated carbocycles. The number of ether oxygens (including phenoxy) is 2. The van der Waals surface area contributed by atoms with Crippen molar-refractivity contribution in [2.45, 2.75) is 108 Å². The van der Waals surface area contributed by atoms with Crippen molar-refractivity contribution in [2.75, 3.05) is 13.2 Å². The molecule has 0 spiro atoms. The van der Waals surface area contributed by atoms with E-state index in [-0.39, 0.29) is 26.0 Å². The van der Waals surface area contributed by atoms with Crippen molar-refractivity contribution in [3.8, 4) is 0 Å². The number of carbonyl (C=O) groups excluding carboxylic acids is 5. The molecule has 1 aromatic rings. The van der Waals surface area contributed by atoms with Crippen molar-refractivity contribution in [3.05, 3.63) is 47.5 Å². The van der Waals surface area contributed by atoms with E-state index in [1.165, 1.54) is 11.0 Å². The molecule has 3 N–H and O–H groups in total. The minimum absolute atomic E-state index is 0.0759. The van der Waals surface area contributed by atoms with Crippen LogP contribution in [0.15, 0.2) is 30.9 Å². The predicted molar refractivity (Wildman–Crippen MR) is 176 cm³/mol. The number of hydrogen-bond donors (Lipinski definition) is 3. The summed E-state index contributed by atoms with van der Waals surface area (Å²) in [6.07, 6.45) is 2.30. The summed E-state index contributed by atoms with van der Waals surface area (Å²) in [5, 5.41) is 4.77. The fourth-order valence-electron chi connectivity index (χ4n) is 7.02. The third-order valence-electron chi connectivity index (χ3n) is 10.2. The molecule has 5 amide bonds. The van der Waals surface area contributed by atoms with E-state index in [9.17, 15) is 32.4 Å². The van der Waals surface area contributed by atoms with E-state index in [1.807, 2.05) is 18.2 Å². The minimum atomic E-state index is -3.90. The lowest BCUT2D eigenvalue weighted by molar-refractivity contribution is -0.142. The van der Waals surface area contributed by atoms with E-state index < -0.39 is 80.2 Å². The van der Waals surface area contributed by atoms with Gasteiger partial charge in [0.2, 0.25) is 21.8 Å². The van der Waals surface area contributed by atoms with Gasteiger partial charge in [-0.2, -0.15) is 0 Å². The average molecular weight is 700 g/mol. The molecule has 0 aromatic heterocycles. The van der Waals surface area contributed by atoms with E-state index >= 15 is 0 Å². The number of amides is 5. The van der Waals surface area contributed by atoms with Gasteiger partial charge in [0.15, 0.2) is 0 Å². The first kappa shape index (κ1) is 34.7. The van der Waals surface area contributed by atoms with Gasteiger partial charge in [-0.25, -0.2) is 18.0 Å². The van der Waals surface area contributed by atoms with Crippen LogP contribution in [0.4, 0.5) is 9.59 Å². The van der Waals surface area contributed by atoms with Gasteiger partial charge in [0.1, 0.15) is 23.7 Å². The maximum Gasteiger partial charge on any atom is 0.410 e. The van der Waals surface area contributed by atoms with Gasteiger partial charge < -0.3 is 25.0 Å². The molecule has 0 radical (unpaired) electrons. The van der Waals surface area contributed by atoms with E-state index in [4.69, 9.17) is 9.47 Å². The Bertz CT molecular complexity index is 1670. The van der Waals surface area contributed by atoms with Crippen LogP contribution in [0.5, 0.6) is 0 Å². The first-order chi connectivity index (χ1) is 23.1. The van der Waals surface area contributed by atoms with E-state index in [2.05, 4.69) is 21.9 Å². The van der Waals surface area contributed by atoms with Gasteiger partial charge in [0, 0.05) is 25.4 Å². The molecule has 6 rings (SSSR count). The number of aryl methyl sites for hydroxylation is 1. The molecule has 2 aliphatic carbocycles. The van der Waals surface area contributed by atoms with Crippen LogP contribution in [-0.2, 0) is 53.4 Å². The quantitative estimate of drug-likeness (QED) is 0.376. The minimum Gasteiger partial charge on any atom is -0.450 e. The number of fused-ring (bicyclic) bond motifs is 3. The maximum atomic E-state index is 14.3. The molecule has 5 atom stereocenters. The number of cyclic esters (lactones) is 1. The normalized spacial score (nSPS) is 29.2. The fourth-order valence-corrected chi connectivity index (χ4v) is 8.39. The number of hydrogen-bond acceptors (Lipinski definition) is 9. The molecule has 266 valence electrons. The first-order valence-corrected chi connectivity index (χ1v) is 18.5. The van der Waals surface area contributed by atoms with Crippen LogP contribution >= 0.6 is 0 Å². The molecule has 3 fully saturated rings. The Hall–Kier alpha value is -4.14. The summed E-state index contributed by atoms with van der Waals surface area (Å²) in [6, 6.07) is 3.64.